The van der Waals surface area contributed by atoms with Crippen molar-refractivity contribution in [3.8, 4) is 0 Å². The van der Waals surface area contributed by atoms with E-state index in [0.717, 1.165) is 38.5 Å². The monoisotopic (exact) mass is 782 g/mol. The van der Waals surface area contributed by atoms with Crippen molar-refractivity contribution in [2.75, 3.05) is 26.4 Å². The molecular formula is C45H84NO7P. The third-order valence-corrected chi connectivity index (χ3v) is 10.3. The summed E-state index contributed by atoms with van der Waals surface area (Å²) in [5, 5.41) is 0. The van der Waals surface area contributed by atoms with Gasteiger partial charge in [-0.3, -0.25) is 13.8 Å². The number of phosphoric acid groups is 1. The summed E-state index contributed by atoms with van der Waals surface area (Å²) >= 11 is 0. The van der Waals surface area contributed by atoms with Crippen molar-refractivity contribution in [1.82, 2.24) is 0 Å². The fourth-order valence-corrected chi connectivity index (χ4v) is 6.75. The van der Waals surface area contributed by atoms with Crippen LogP contribution in [0, 0.1) is 0 Å². The number of carbonyl (C=O) groups excluding carboxylic acids is 1. The van der Waals surface area contributed by atoms with Gasteiger partial charge in [-0.05, 0) is 83.1 Å². The number of ether oxygens (including phenoxy) is 2. The summed E-state index contributed by atoms with van der Waals surface area (Å²) in [6, 6.07) is 0. The topological polar surface area (TPSA) is 117 Å². The van der Waals surface area contributed by atoms with Crippen LogP contribution in [-0.2, 0) is 27.9 Å². The van der Waals surface area contributed by atoms with E-state index in [-0.39, 0.29) is 32.3 Å². The zero-order chi connectivity index (χ0) is 39.5. The molecule has 0 radical (unpaired) electrons. The minimum atomic E-state index is -4.30. The summed E-state index contributed by atoms with van der Waals surface area (Å²) in [5.74, 6) is -0.359. The van der Waals surface area contributed by atoms with E-state index in [9.17, 15) is 14.3 Å². The van der Waals surface area contributed by atoms with Crippen LogP contribution in [-0.4, -0.2) is 43.3 Å². The Morgan fingerprint density at radius 3 is 1.52 bits per heavy atom. The minimum Gasteiger partial charge on any atom is -0.498 e. The average Bonchev–Trinajstić information content (AvgIpc) is 3.16. The molecule has 2 atom stereocenters. The van der Waals surface area contributed by atoms with Gasteiger partial charge in [0, 0.05) is 13.0 Å². The number of nitrogens with two attached hydrogens (primary N) is 1. The molecule has 0 aliphatic rings. The molecule has 0 aliphatic carbocycles. The SMILES string of the molecule is CCCCC/C=C\C/C=C\CCCCCCCCCCCC(=O)O[C@H](CO/C=C\CCCCCCCC/C=C\CCCCCC)COP(=O)(O)OCCN. The number of phosphoric ester groups is 1. The fourth-order valence-electron chi connectivity index (χ4n) is 5.99. The Labute approximate surface area is 332 Å². The molecule has 9 heteroatoms. The second kappa shape index (κ2) is 42.4. The Kier molecular flexibility index (Phi) is 41.1. The first-order chi connectivity index (χ1) is 26.4. The molecule has 0 aliphatic heterocycles. The molecule has 316 valence electrons. The summed E-state index contributed by atoms with van der Waals surface area (Å²) in [6.45, 7) is 4.20. The third kappa shape index (κ3) is 41.5. The molecule has 0 bridgehead atoms. The van der Waals surface area contributed by atoms with Gasteiger partial charge in [0.25, 0.3) is 0 Å². The summed E-state index contributed by atoms with van der Waals surface area (Å²) in [4.78, 5) is 22.5. The van der Waals surface area contributed by atoms with Gasteiger partial charge in [-0.25, -0.2) is 4.57 Å². The highest BCUT2D eigenvalue weighted by molar-refractivity contribution is 7.47. The maximum atomic E-state index is 12.6. The molecule has 0 aromatic carbocycles. The second-order valence-corrected chi connectivity index (χ2v) is 16.1. The van der Waals surface area contributed by atoms with Crippen LogP contribution in [0.15, 0.2) is 48.8 Å². The highest BCUT2D eigenvalue weighted by Crippen LogP contribution is 2.43. The van der Waals surface area contributed by atoms with Gasteiger partial charge in [0.15, 0.2) is 6.10 Å². The van der Waals surface area contributed by atoms with E-state index in [1.807, 2.05) is 6.08 Å². The fraction of sp³-hybridized carbons (Fsp3) is 0.800. The van der Waals surface area contributed by atoms with Crippen LogP contribution in [0.5, 0.6) is 0 Å². The molecule has 0 heterocycles. The molecule has 0 amide bonds. The number of hydrogen-bond acceptors (Lipinski definition) is 7. The summed E-state index contributed by atoms with van der Waals surface area (Å²) in [5.41, 5.74) is 5.36. The predicted octanol–water partition coefficient (Wildman–Crippen LogP) is 13.5. The quantitative estimate of drug-likeness (QED) is 0.0207. The lowest BCUT2D eigenvalue weighted by atomic mass is 10.1. The molecule has 1 unspecified atom stereocenters. The first-order valence-electron chi connectivity index (χ1n) is 22.2. The lowest BCUT2D eigenvalue weighted by molar-refractivity contribution is -0.153. The summed E-state index contributed by atoms with van der Waals surface area (Å²) in [7, 11) is -4.30. The molecule has 0 fully saturated rings. The smallest absolute Gasteiger partial charge is 0.472 e. The van der Waals surface area contributed by atoms with Crippen molar-refractivity contribution in [3.63, 3.8) is 0 Å². The van der Waals surface area contributed by atoms with Gasteiger partial charge in [0.2, 0.25) is 0 Å². The van der Waals surface area contributed by atoms with Crippen LogP contribution in [0.4, 0.5) is 0 Å². The number of rotatable bonds is 42. The van der Waals surface area contributed by atoms with Crippen LogP contribution >= 0.6 is 7.82 Å². The maximum absolute atomic E-state index is 12.6. The molecule has 8 nitrogen and oxygen atoms in total. The molecule has 0 saturated carbocycles. The largest absolute Gasteiger partial charge is 0.498 e. The lowest BCUT2D eigenvalue weighted by Crippen LogP contribution is -2.27. The Bertz CT molecular complexity index is 968. The lowest BCUT2D eigenvalue weighted by Gasteiger charge is -2.19. The zero-order valence-electron chi connectivity index (χ0n) is 35.0. The van der Waals surface area contributed by atoms with Crippen molar-refractivity contribution in [2.45, 2.75) is 206 Å². The van der Waals surface area contributed by atoms with E-state index in [2.05, 4.69) is 50.3 Å². The molecule has 0 spiro atoms. The number of hydrogen-bond donors (Lipinski definition) is 2. The Balaban J connectivity index is 4.08. The molecule has 0 rings (SSSR count). The van der Waals surface area contributed by atoms with Crippen molar-refractivity contribution in [2.24, 2.45) is 5.73 Å². The van der Waals surface area contributed by atoms with E-state index >= 15 is 0 Å². The number of allylic oxidation sites excluding steroid dienone is 7. The maximum Gasteiger partial charge on any atom is 0.472 e. The Morgan fingerprint density at radius 1 is 0.574 bits per heavy atom. The van der Waals surface area contributed by atoms with E-state index in [1.165, 1.54) is 141 Å². The van der Waals surface area contributed by atoms with Crippen LogP contribution in [0.25, 0.3) is 0 Å². The number of esters is 1. The Morgan fingerprint density at radius 2 is 1.00 bits per heavy atom. The second-order valence-electron chi connectivity index (χ2n) is 14.6. The molecular weight excluding hydrogens is 697 g/mol. The van der Waals surface area contributed by atoms with Crippen LogP contribution in [0.3, 0.4) is 0 Å². The van der Waals surface area contributed by atoms with Crippen molar-refractivity contribution in [1.29, 1.82) is 0 Å². The molecule has 3 N–H and O–H groups in total. The van der Waals surface area contributed by atoms with Gasteiger partial charge >= 0.3 is 13.8 Å². The predicted molar refractivity (Wildman–Crippen MR) is 228 cm³/mol. The molecule has 0 aromatic heterocycles. The van der Waals surface area contributed by atoms with Gasteiger partial charge in [-0.2, -0.15) is 0 Å². The Hall–Kier alpha value is -1.70. The van der Waals surface area contributed by atoms with E-state index in [0.29, 0.717) is 6.42 Å². The highest BCUT2D eigenvalue weighted by atomic mass is 31.2. The van der Waals surface area contributed by atoms with Crippen LogP contribution in [0.1, 0.15) is 200 Å². The van der Waals surface area contributed by atoms with Gasteiger partial charge in [0.1, 0.15) is 6.61 Å². The van der Waals surface area contributed by atoms with Crippen LogP contribution in [0.2, 0.25) is 0 Å². The molecule has 0 saturated heterocycles. The van der Waals surface area contributed by atoms with Gasteiger partial charge in [-0.15, -0.1) is 0 Å². The number of carbonyl (C=O) groups is 1. The first-order valence-corrected chi connectivity index (χ1v) is 23.7. The number of unbranched alkanes of at least 4 members (excludes halogenated alkanes) is 23. The molecule has 54 heavy (non-hydrogen) atoms. The van der Waals surface area contributed by atoms with E-state index in [4.69, 9.17) is 24.3 Å². The average molecular weight is 782 g/mol. The summed E-state index contributed by atoms with van der Waals surface area (Å²) in [6.07, 6.45) is 50.7. The van der Waals surface area contributed by atoms with Gasteiger partial charge in [0.05, 0.1) is 19.5 Å². The summed E-state index contributed by atoms with van der Waals surface area (Å²) < 4.78 is 33.2. The third-order valence-electron chi connectivity index (χ3n) is 9.28. The van der Waals surface area contributed by atoms with E-state index in [1.54, 1.807) is 6.26 Å². The molecule has 0 aromatic rings. The normalized spacial score (nSPS) is 13.9. The zero-order valence-corrected chi connectivity index (χ0v) is 35.8. The van der Waals surface area contributed by atoms with Gasteiger partial charge < -0.3 is 20.1 Å². The van der Waals surface area contributed by atoms with Crippen molar-refractivity contribution < 1.29 is 32.8 Å². The van der Waals surface area contributed by atoms with Crippen molar-refractivity contribution in [3.05, 3.63) is 48.8 Å². The van der Waals surface area contributed by atoms with E-state index < -0.39 is 13.9 Å². The van der Waals surface area contributed by atoms with Crippen molar-refractivity contribution >= 4 is 13.8 Å². The first kappa shape index (κ1) is 52.3. The van der Waals surface area contributed by atoms with Gasteiger partial charge in [-0.1, -0.05) is 153 Å². The standard InChI is InChI=1S/C45H84NO7P/c1-3-5-7-9-11-13-15-17-19-21-22-23-24-26-28-30-32-34-36-38-45(47)53-44(43-52-54(48,49)51-41-39-46)42-50-40-37-35-33-31-29-27-25-20-18-16-14-12-10-8-6-4-2/h11,13-14,16-17,19,37,40,44H,3-10,12,15,18,20-36,38-39,41-43,46H2,1-2H3,(H,48,49)/b13-11-,16-14-,19-17-,40-37-/t44-/m1/s1. The van der Waals surface area contributed by atoms with Crippen LogP contribution < -0.4 is 5.73 Å². The highest BCUT2D eigenvalue weighted by Gasteiger charge is 2.25. The minimum absolute atomic E-state index is 0.0269.